The van der Waals surface area contributed by atoms with E-state index in [1.165, 1.54) is 5.56 Å². The predicted molar refractivity (Wildman–Crippen MR) is 102 cm³/mol. The smallest absolute Gasteiger partial charge is 0.161 e. The van der Waals surface area contributed by atoms with Crippen LogP contribution in [0, 0.1) is 0 Å². The first-order valence-electron chi connectivity index (χ1n) is 8.05. The van der Waals surface area contributed by atoms with Gasteiger partial charge < -0.3 is 14.8 Å². The molecule has 3 aromatic rings. The molecular weight excluding hydrogens is 382 g/mol. The van der Waals surface area contributed by atoms with Crippen molar-refractivity contribution in [1.29, 1.82) is 0 Å². The SMILES string of the molecule is COc1ccc(-c2nn(-c3ccc(Br)cc3)c3c2CCN3)cc1OC. The number of fused-ring (bicyclic) bond motifs is 1. The van der Waals surface area contributed by atoms with Crippen molar-refractivity contribution < 1.29 is 9.47 Å². The van der Waals surface area contributed by atoms with Crippen molar-refractivity contribution in [2.75, 3.05) is 26.1 Å². The molecule has 0 unspecified atom stereocenters. The van der Waals surface area contributed by atoms with Gasteiger partial charge in [0.2, 0.25) is 0 Å². The Hall–Kier alpha value is -2.47. The molecule has 0 fully saturated rings. The summed E-state index contributed by atoms with van der Waals surface area (Å²) in [6.45, 7) is 0.921. The van der Waals surface area contributed by atoms with Crippen LogP contribution in [0.4, 0.5) is 5.82 Å². The van der Waals surface area contributed by atoms with Gasteiger partial charge in [-0.3, -0.25) is 0 Å². The van der Waals surface area contributed by atoms with Crippen LogP contribution in [-0.4, -0.2) is 30.5 Å². The van der Waals surface area contributed by atoms with Crippen LogP contribution < -0.4 is 14.8 Å². The summed E-state index contributed by atoms with van der Waals surface area (Å²) in [6, 6.07) is 14.1. The minimum absolute atomic E-state index is 0.706. The molecule has 0 bridgehead atoms. The van der Waals surface area contributed by atoms with Crippen LogP contribution in [0.1, 0.15) is 5.56 Å². The van der Waals surface area contributed by atoms with Gasteiger partial charge in [0, 0.05) is 22.1 Å². The molecule has 25 heavy (non-hydrogen) atoms. The van der Waals surface area contributed by atoms with Crippen molar-refractivity contribution in [1.82, 2.24) is 9.78 Å². The minimum Gasteiger partial charge on any atom is -0.493 e. The van der Waals surface area contributed by atoms with Gasteiger partial charge in [0.25, 0.3) is 0 Å². The molecule has 0 atom stereocenters. The van der Waals surface area contributed by atoms with E-state index in [0.29, 0.717) is 11.5 Å². The Morgan fingerprint density at radius 3 is 2.52 bits per heavy atom. The molecule has 1 aromatic heterocycles. The molecule has 1 aliphatic heterocycles. The van der Waals surface area contributed by atoms with Gasteiger partial charge in [0.1, 0.15) is 5.82 Å². The van der Waals surface area contributed by atoms with Gasteiger partial charge >= 0.3 is 0 Å². The molecule has 128 valence electrons. The summed E-state index contributed by atoms with van der Waals surface area (Å²) >= 11 is 3.48. The Bertz CT molecular complexity index is 919. The number of halogens is 1. The van der Waals surface area contributed by atoms with Crippen LogP contribution in [0.15, 0.2) is 46.9 Å². The molecule has 0 radical (unpaired) electrons. The van der Waals surface area contributed by atoms with E-state index in [9.17, 15) is 0 Å². The molecule has 2 heterocycles. The first-order chi connectivity index (χ1) is 12.2. The number of nitrogens with one attached hydrogen (secondary N) is 1. The highest BCUT2D eigenvalue weighted by molar-refractivity contribution is 9.10. The first-order valence-corrected chi connectivity index (χ1v) is 8.84. The topological polar surface area (TPSA) is 48.3 Å². The molecule has 6 heteroatoms. The fourth-order valence-corrected chi connectivity index (χ4v) is 3.42. The van der Waals surface area contributed by atoms with Gasteiger partial charge in [0.05, 0.1) is 25.6 Å². The molecule has 0 amide bonds. The van der Waals surface area contributed by atoms with E-state index in [2.05, 4.69) is 33.4 Å². The first kappa shape index (κ1) is 16.0. The maximum absolute atomic E-state index is 5.44. The summed E-state index contributed by atoms with van der Waals surface area (Å²) in [5.41, 5.74) is 4.26. The Morgan fingerprint density at radius 1 is 1.04 bits per heavy atom. The quantitative estimate of drug-likeness (QED) is 0.710. The van der Waals surface area contributed by atoms with Gasteiger partial charge in [-0.2, -0.15) is 5.10 Å². The lowest BCUT2D eigenvalue weighted by Gasteiger charge is -2.09. The van der Waals surface area contributed by atoms with E-state index in [-0.39, 0.29) is 0 Å². The number of nitrogens with zero attached hydrogens (tertiary/aromatic N) is 2. The Balaban J connectivity index is 1.84. The molecule has 1 N–H and O–H groups in total. The van der Waals surface area contributed by atoms with Crippen molar-refractivity contribution in [3.63, 3.8) is 0 Å². The summed E-state index contributed by atoms with van der Waals surface area (Å²) in [5, 5.41) is 8.33. The highest BCUT2D eigenvalue weighted by atomic mass is 79.9. The van der Waals surface area contributed by atoms with Crippen LogP contribution >= 0.6 is 15.9 Å². The fraction of sp³-hybridized carbons (Fsp3) is 0.211. The van der Waals surface area contributed by atoms with E-state index in [1.807, 2.05) is 35.0 Å². The number of methoxy groups -OCH3 is 2. The normalized spacial score (nSPS) is 12.6. The zero-order chi connectivity index (χ0) is 17.4. The van der Waals surface area contributed by atoms with Crippen molar-refractivity contribution in [3.05, 3.63) is 52.5 Å². The molecular formula is C19H18BrN3O2. The molecule has 2 aromatic carbocycles. The van der Waals surface area contributed by atoms with Crippen LogP contribution in [0.5, 0.6) is 11.5 Å². The largest absolute Gasteiger partial charge is 0.493 e. The third kappa shape index (κ3) is 2.76. The van der Waals surface area contributed by atoms with Crippen molar-refractivity contribution in [3.8, 4) is 28.4 Å². The minimum atomic E-state index is 0.706. The van der Waals surface area contributed by atoms with Crippen molar-refractivity contribution in [2.45, 2.75) is 6.42 Å². The van der Waals surface area contributed by atoms with Gasteiger partial charge in [-0.1, -0.05) is 15.9 Å². The standard InChI is InChI=1S/C19H18BrN3O2/c1-24-16-8-3-12(11-17(16)25-2)18-15-9-10-21-19(15)23(22-18)14-6-4-13(20)5-7-14/h3-8,11,21H,9-10H2,1-2H3. The molecule has 0 saturated carbocycles. The zero-order valence-electron chi connectivity index (χ0n) is 14.0. The number of rotatable bonds is 4. The molecule has 0 aliphatic carbocycles. The highest BCUT2D eigenvalue weighted by Gasteiger charge is 2.24. The summed E-state index contributed by atoms with van der Waals surface area (Å²) < 4.78 is 13.8. The Morgan fingerprint density at radius 2 is 1.80 bits per heavy atom. The van der Waals surface area contributed by atoms with Gasteiger partial charge in [-0.05, 0) is 48.9 Å². The lowest BCUT2D eigenvalue weighted by Crippen LogP contribution is -2.04. The van der Waals surface area contributed by atoms with E-state index in [4.69, 9.17) is 14.6 Å². The van der Waals surface area contributed by atoms with Gasteiger partial charge in [-0.15, -0.1) is 0 Å². The van der Waals surface area contributed by atoms with Crippen molar-refractivity contribution >= 4 is 21.7 Å². The van der Waals surface area contributed by atoms with Gasteiger partial charge in [0.15, 0.2) is 11.5 Å². The van der Waals surface area contributed by atoms with E-state index < -0.39 is 0 Å². The second-order valence-corrected chi connectivity index (χ2v) is 6.73. The average Bonchev–Trinajstić information content (AvgIpc) is 3.24. The number of anilines is 1. The maximum atomic E-state index is 5.44. The Labute approximate surface area is 154 Å². The number of hydrogen-bond donors (Lipinski definition) is 1. The second kappa shape index (κ2) is 6.44. The summed E-state index contributed by atoms with van der Waals surface area (Å²) in [4.78, 5) is 0. The molecule has 0 saturated heterocycles. The van der Waals surface area contributed by atoms with E-state index >= 15 is 0 Å². The number of benzene rings is 2. The van der Waals surface area contributed by atoms with E-state index in [1.54, 1.807) is 14.2 Å². The predicted octanol–water partition coefficient (Wildman–Crippen LogP) is 4.29. The number of hydrogen-bond acceptors (Lipinski definition) is 4. The van der Waals surface area contributed by atoms with Crippen LogP contribution in [0.25, 0.3) is 16.9 Å². The summed E-state index contributed by atoms with van der Waals surface area (Å²) in [5.74, 6) is 2.48. The van der Waals surface area contributed by atoms with Gasteiger partial charge in [-0.25, -0.2) is 4.68 Å². The van der Waals surface area contributed by atoms with Crippen molar-refractivity contribution in [2.24, 2.45) is 0 Å². The third-order valence-corrected chi connectivity index (χ3v) is 4.91. The fourth-order valence-electron chi connectivity index (χ4n) is 3.16. The summed E-state index contributed by atoms with van der Waals surface area (Å²) in [6.07, 6.45) is 0.954. The number of aromatic nitrogens is 2. The average molecular weight is 400 g/mol. The lowest BCUT2D eigenvalue weighted by atomic mass is 10.1. The maximum Gasteiger partial charge on any atom is 0.161 e. The lowest BCUT2D eigenvalue weighted by molar-refractivity contribution is 0.355. The monoisotopic (exact) mass is 399 g/mol. The van der Waals surface area contributed by atoms with Crippen LogP contribution in [-0.2, 0) is 6.42 Å². The Kier molecular flexibility index (Phi) is 4.13. The van der Waals surface area contributed by atoms with Crippen LogP contribution in [0.3, 0.4) is 0 Å². The summed E-state index contributed by atoms with van der Waals surface area (Å²) in [7, 11) is 3.29. The highest BCUT2D eigenvalue weighted by Crippen LogP contribution is 2.38. The second-order valence-electron chi connectivity index (χ2n) is 5.81. The third-order valence-electron chi connectivity index (χ3n) is 4.38. The van der Waals surface area contributed by atoms with E-state index in [0.717, 1.165) is 40.2 Å². The molecule has 0 spiro atoms. The van der Waals surface area contributed by atoms with Crippen LogP contribution in [0.2, 0.25) is 0 Å². The molecule has 5 nitrogen and oxygen atoms in total. The number of ether oxygens (including phenoxy) is 2. The molecule has 4 rings (SSSR count). The molecule has 1 aliphatic rings. The zero-order valence-corrected chi connectivity index (χ0v) is 15.6.